The number of aromatic nitrogens is 3. The van der Waals surface area contributed by atoms with Crippen LogP contribution in [0.5, 0.6) is 5.75 Å². The lowest BCUT2D eigenvalue weighted by Crippen LogP contribution is -2.37. The Bertz CT molecular complexity index is 1430. The lowest BCUT2D eigenvalue weighted by atomic mass is 9.81. The Balaban J connectivity index is 1.44. The van der Waals surface area contributed by atoms with Gasteiger partial charge in [-0.25, -0.2) is 22.7 Å². The van der Waals surface area contributed by atoms with Crippen LogP contribution in [-0.2, 0) is 4.79 Å². The van der Waals surface area contributed by atoms with Gasteiger partial charge < -0.3 is 15.4 Å². The number of carbonyl (C=O) groups is 2. The second-order valence-electron chi connectivity index (χ2n) is 11.1. The summed E-state index contributed by atoms with van der Waals surface area (Å²) in [5.41, 5.74) is 1.01. The number of ether oxygens (including phenoxy) is 1. The van der Waals surface area contributed by atoms with Crippen molar-refractivity contribution in [1.29, 1.82) is 0 Å². The molecule has 2 aromatic heterocycles. The first-order valence-corrected chi connectivity index (χ1v) is 14.1. The molecule has 2 atom stereocenters. The Morgan fingerprint density at radius 2 is 1.79 bits per heavy atom. The van der Waals surface area contributed by atoms with Crippen molar-refractivity contribution in [2.45, 2.75) is 82.9 Å². The SMILES string of the molecule is CCCC(=O)N[C@@H](c1cnn2cc([C@@H](NC(=O)c3cc(OC(F)F)ccc3F)C3CCC(F)(F)CC3)nc2c1)C1CC1. The quantitative estimate of drug-likeness (QED) is 0.261. The van der Waals surface area contributed by atoms with E-state index in [2.05, 4.69) is 25.5 Å². The Morgan fingerprint density at radius 1 is 1.07 bits per heavy atom. The highest BCUT2D eigenvalue weighted by molar-refractivity contribution is 5.95. The number of imidazole rings is 1. The molecule has 2 fully saturated rings. The zero-order valence-corrected chi connectivity index (χ0v) is 23.0. The molecule has 0 radical (unpaired) electrons. The van der Waals surface area contributed by atoms with Gasteiger partial charge in [-0.05, 0) is 73.8 Å². The van der Waals surface area contributed by atoms with Crippen LogP contribution in [0, 0.1) is 17.7 Å². The van der Waals surface area contributed by atoms with E-state index in [4.69, 9.17) is 0 Å². The zero-order valence-electron chi connectivity index (χ0n) is 23.0. The van der Waals surface area contributed by atoms with Gasteiger partial charge in [0.15, 0.2) is 5.65 Å². The average molecular weight is 594 g/mol. The van der Waals surface area contributed by atoms with Crippen molar-refractivity contribution in [3.05, 3.63) is 59.3 Å². The fraction of sp³-hybridized carbons (Fsp3) is 0.517. The number of benzene rings is 1. The van der Waals surface area contributed by atoms with Gasteiger partial charge in [-0.15, -0.1) is 0 Å². The first-order chi connectivity index (χ1) is 20.0. The number of alkyl halides is 4. The van der Waals surface area contributed by atoms with Crippen LogP contribution < -0.4 is 15.4 Å². The number of carbonyl (C=O) groups excluding carboxylic acids is 2. The predicted octanol–water partition coefficient (Wildman–Crippen LogP) is 6.13. The van der Waals surface area contributed by atoms with Gasteiger partial charge in [-0.3, -0.25) is 9.59 Å². The number of hydrogen-bond donors (Lipinski definition) is 2. The van der Waals surface area contributed by atoms with Gasteiger partial charge in [-0.2, -0.15) is 13.9 Å². The molecule has 2 N–H and O–H groups in total. The minimum Gasteiger partial charge on any atom is -0.435 e. The van der Waals surface area contributed by atoms with Gasteiger partial charge >= 0.3 is 6.61 Å². The summed E-state index contributed by atoms with van der Waals surface area (Å²) in [6.45, 7) is -1.24. The Morgan fingerprint density at radius 3 is 2.45 bits per heavy atom. The van der Waals surface area contributed by atoms with Crippen LogP contribution >= 0.6 is 0 Å². The van der Waals surface area contributed by atoms with Crippen molar-refractivity contribution >= 4 is 17.5 Å². The first kappa shape index (κ1) is 29.7. The third-order valence-electron chi connectivity index (χ3n) is 7.85. The molecular formula is C29H32F5N5O3. The number of nitrogens with zero attached hydrogens (tertiary/aromatic N) is 3. The van der Waals surface area contributed by atoms with Crippen molar-refractivity contribution in [2.75, 3.05) is 0 Å². The predicted molar refractivity (Wildman–Crippen MR) is 142 cm³/mol. The number of rotatable bonds is 11. The lowest BCUT2D eigenvalue weighted by molar-refractivity contribution is -0.122. The van der Waals surface area contributed by atoms with E-state index in [0.717, 1.165) is 43.0 Å². The fourth-order valence-electron chi connectivity index (χ4n) is 5.51. The highest BCUT2D eigenvalue weighted by Gasteiger charge is 2.40. The average Bonchev–Trinajstić information content (AvgIpc) is 3.69. The second-order valence-corrected chi connectivity index (χ2v) is 11.1. The molecule has 5 rings (SSSR count). The largest absolute Gasteiger partial charge is 0.435 e. The maximum absolute atomic E-state index is 14.6. The van der Waals surface area contributed by atoms with Crippen LogP contribution in [0.15, 0.2) is 36.7 Å². The standard InChI is InChI=1S/C29H32F5N5O3/c1-2-3-24(40)37-25(16-4-5-16)18-12-23-36-22(15-39(23)35-14-18)26(17-8-10-29(33,34)11-9-17)38-27(41)20-13-19(42-28(31)32)6-7-21(20)30/h6-7,12-17,25-26,28H,2-5,8-11H2,1H3,(H,37,40)(H,38,41)/t25-,26+/m1/s1. The third kappa shape index (κ3) is 6.99. The van der Waals surface area contributed by atoms with E-state index < -0.39 is 47.5 Å². The summed E-state index contributed by atoms with van der Waals surface area (Å²) in [4.78, 5) is 30.2. The molecule has 3 aromatic rings. The summed E-state index contributed by atoms with van der Waals surface area (Å²) in [5, 5.41) is 10.2. The van der Waals surface area contributed by atoms with Crippen LogP contribution in [0.25, 0.3) is 5.65 Å². The fourth-order valence-corrected chi connectivity index (χ4v) is 5.51. The minimum atomic E-state index is -3.17. The summed E-state index contributed by atoms with van der Waals surface area (Å²) in [6.07, 6.45) is 5.69. The normalized spacial score (nSPS) is 18.5. The monoisotopic (exact) mass is 593 g/mol. The van der Waals surface area contributed by atoms with Crippen LogP contribution in [0.3, 0.4) is 0 Å². The lowest BCUT2D eigenvalue weighted by Gasteiger charge is -2.33. The summed E-state index contributed by atoms with van der Waals surface area (Å²) < 4.78 is 73.8. The van der Waals surface area contributed by atoms with Crippen LogP contribution in [-0.4, -0.2) is 38.9 Å². The zero-order chi connectivity index (χ0) is 30.0. The maximum atomic E-state index is 14.6. The Hall–Kier alpha value is -3.77. The van der Waals surface area contributed by atoms with Crippen molar-refractivity contribution in [3.63, 3.8) is 0 Å². The van der Waals surface area contributed by atoms with E-state index in [0.29, 0.717) is 23.7 Å². The summed E-state index contributed by atoms with van der Waals surface area (Å²) in [5.74, 6) is -5.31. The molecule has 0 spiro atoms. The third-order valence-corrected chi connectivity index (χ3v) is 7.85. The van der Waals surface area contributed by atoms with E-state index in [1.807, 2.05) is 6.92 Å². The molecule has 8 nitrogen and oxygen atoms in total. The molecule has 42 heavy (non-hydrogen) atoms. The Kier molecular flexibility index (Phi) is 8.65. The van der Waals surface area contributed by atoms with Gasteiger partial charge in [0.25, 0.3) is 5.91 Å². The van der Waals surface area contributed by atoms with Gasteiger partial charge in [0.05, 0.1) is 35.7 Å². The highest BCUT2D eigenvalue weighted by atomic mass is 19.3. The van der Waals surface area contributed by atoms with E-state index in [1.165, 1.54) is 4.52 Å². The van der Waals surface area contributed by atoms with Crippen molar-refractivity contribution in [3.8, 4) is 5.75 Å². The minimum absolute atomic E-state index is 0.0505. The number of nitrogens with one attached hydrogen (secondary N) is 2. The van der Waals surface area contributed by atoms with Crippen LogP contribution in [0.2, 0.25) is 0 Å². The molecule has 2 amide bonds. The smallest absolute Gasteiger partial charge is 0.387 e. The van der Waals surface area contributed by atoms with Crippen molar-refractivity contribution in [2.24, 2.45) is 11.8 Å². The molecule has 226 valence electrons. The van der Waals surface area contributed by atoms with Crippen molar-refractivity contribution < 1.29 is 36.3 Å². The van der Waals surface area contributed by atoms with Gasteiger partial charge in [0.2, 0.25) is 11.8 Å². The number of amides is 2. The molecule has 0 bridgehead atoms. The van der Waals surface area contributed by atoms with E-state index in [9.17, 15) is 31.5 Å². The maximum Gasteiger partial charge on any atom is 0.387 e. The molecule has 13 heteroatoms. The summed E-state index contributed by atoms with van der Waals surface area (Å²) in [6, 6.07) is 3.37. The molecule has 0 aliphatic heterocycles. The number of halogens is 5. The molecule has 0 unspecified atom stereocenters. The molecule has 1 aromatic carbocycles. The summed E-state index contributed by atoms with van der Waals surface area (Å²) >= 11 is 0. The first-order valence-electron chi connectivity index (χ1n) is 14.1. The van der Waals surface area contributed by atoms with Gasteiger partial charge in [0.1, 0.15) is 11.6 Å². The number of fused-ring (bicyclic) bond motifs is 1. The Labute approximate surface area is 239 Å². The molecule has 2 saturated carbocycles. The second kappa shape index (κ2) is 12.2. The van der Waals surface area contributed by atoms with E-state index in [-0.39, 0.29) is 37.6 Å². The molecule has 2 heterocycles. The molecule has 0 saturated heterocycles. The van der Waals surface area contributed by atoms with Gasteiger partial charge in [0, 0.05) is 19.3 Å². The summed E-state index contributed by atoms with van der Waals surface area (Å²) in [7, 11) is 0. The molecule has 2 aliphatic rings. The van der Waals surface area contributed by atoms with E-state index >= 15 is 0 Å². The topological polar surface area (TPSA) is 97.6 Å². The van der Waals surface area contributed by atoms with Crippen LogP contribution in [0.4, 0.5) is 22.0 Å². The highest BCUT2D eigenvalue weighted by Crippen LogP contribution is 2.43. The molecule has 2 aliphatic carbocycles. The molecular weight excluding hydrogens is 561 g/mol. The van der Waals surface area contributed by atoms with Crippen LogP contribution in [0.1, 0.15) is 92.0 Å². The van der Waals surface area contributed by atoms with Gasteiger partial charge in [-0.1, -0.05) is 6.92 Å². The van der Waals surface area contributed by atoms with E-state index in [1.54, 1.807) is 18.5 Å². The number of hydrogen-bond acceptors (Lipinski definition) is 5. The van der Waals surface area contributed by atoms with Crippen molar-refractivity contribution in [1.82, 2.24) is 25.2 Å².